The fourth-order valence-electron chi connectivity index (χ4n) is 5.05. The fraction of sp³-hybridized carbons (Fsp3) is 0.0556. The van der Waals surface area contributed by atoms with E-state index < -0.39 is 0 Å². The molecule has 6 rings (SSSR count). The first-order chi connectivity index (χ1) is 18.3. The number of hydrogen-bond donors (Lipinski definition) is 0. The van der Waals surface area contributed by atoms with Gasteiger partial charge in [0.15, 0.2) is 0 Å². The van der Waals surface area contributed by atoms with Gasteiger partial charge in [-0.05, 0) is 62.0 Å². The molecule has 0 atom stereocenters. The molecule has 0 saturated carbocycles. The lowest BCUT2D eigenvalue weighted by molar-refractivity contribution is 0.800. The first-order valence-corrected chi connectivity index (χ1v) is 12.8. The number of hydrogen-bond acceptors (Lipinski definition) is 1. The smallest absolute Gasteiger partial charge is 0.0433 e. The van der Waals surface area contributed by atoms with E-state index in [1.54, 1.807) is 0 Å². The summed E-state index contributed by atoms with van der Waals surface area (Å²) in [5.74, 6) is 0. The third-order valence-corrected chi connectivity index (χ3v) is 6.95. The number of nitrogens with zero attached hydrogens (tertiary/aromatic N) is 1. The summed E-state index contributed by atoms with van der Waals surface area (Å²) >= 11 is 0. The minimum atomic E-state index is 0.868. The Morgan fingerprint density at radius 3 is 1.49 bits per heavy atom. The largest absolute Gasteiger partial charge is 0.363 e. The molecule has 0 bridgehead atoms. The lowest BCUT2D eigenvalue weighted by Gasteiger charge is -2.25. The van der Waals surface area contributed by atoms with Crippen molar-refractivity contribution in [2.45, 2.75) is 13.1 Å². The van der Waals surface area contributed by atoms with Crippen molar-refractivity contribution in [1.82, 2.24) is 0 Å². The Kier molecular flexibility index (Phi) is 6.51. The second-order valence-electron chi connectivity index (χ2n) is 9.48. The minimum Gasteiger partial charge on any atom is -0.363 e. The molecule has 37 heavy (non-hydrogen) atoms. The number of rotatable bonds is 7. The maximum absolute atomic E-state index is 2.44. The predicted molar refractivity (Wildman–Crippen MR) is 160 cm³/mol. The average Bonchev–Trinajstić information content (AvgIpc) is 2.96. The van der Waals surface area contributed by atoms with Crippen LogP contribution in [0.15, 0.2) is 140 Å². The Labute approximate surface area is 218 Å². The molecule has 0 fully saturated rings. The summed E-state index contributed by atoms with van der Waals surface area (Å²) in [7, 11) is 0. The lowest BCUT2D eigenvalue weighted by Crippen LogP contribution is -2.22. The summed E-state index contributed by atoms with van der Waals surface area (Å²) in [6.45, 7) is 1.74. The first kappa shape index (κ1) is 22.8. The molecule has 0 spiro atoms. The molecule has 6 aromatic rings. The highest BCUT2D eigenvalue weighted by Gasteiger charge is 2.09. The molecule has 6 aromatic carbocycles. The van der Waals surface area contributed by atoms with Crippen LogP contribution in [0.3, 0.4) is 0 Å². The molecule has 0 saturated heterocycles. The van der Waals surface area contributed by atoms with Crippen molar-refractivity contribution in [2.24, 2.45) is 0 Å². The lowest BCUT2D eigenvalue weighted by atomic mass is 9.96. The van der Waals surface area contributed by atoms with Crippen LogP contribution in [0.5, 0.6) is 0 Å². The molecule has 0 aliphatic carbocycles. The van der Waals surface area contributed by atoms with Gasteiger partial charge in [0.25, 0.3) is 0 Å². The van der Waals surface area contributed by atoms with E-state index in [4.69, 9.17) is 0 Å². The number of benzene rings is 6. The van der Waals surface area contributed by atoms with Gasteiger partial charge in [-0.2, -0.15) is 0 Å². The van der Waals surface area contributed by atoms with Gasteiger partial charge in [-0.25, -0.2) is 0 Å². The molecular weight excluding hydrogens is 446 g/mol. The third-order valence-electron chi connectivity index (χ3n) is 6.95. The first-order valence-electron chi connectivity index (χ1n) is 12.8. The highest BCUT2D eigenvalue weighted by Crippen LogP contribution is 2.30. The summed E-state index contributed by atoms with van der Waals surface area (Å²) < 4.78 is 0. The molecule has 0 aromatic heterocycles. The van der Waals surface area contributed by atoms with Gasteiger partial charge in [0.2, 0.25) is 0 Å². The summed E-state index contributed by atoms with van der Waals surface area (Å²) in [5, 5.41) is 5.11. The standard InChI is InChI=1S/C36H29N/c1-3-11-29(12-4-1)26-37(27-30-13-5-2-6-14-30)33-22-19-28(20-23-33)21-24-36-34-17-9-7-15-31(34)25-32-16-8-10-18-35(32)36/h1-25H,26-27H2. The Balaban J connectivity index is 1.31. The highest BCUT2D eigenvalue weighted by atomic mass is 15.1. The maximum Gasteiger partial charge on any atom is 0.0433 e. The van der Waals surface area contributed by atoms with Gasteiger partial charge < -0.3 is 4.90 Å². The molecule has 0 N–H and O–H groups in total. The second kappa shape index (κ2) is 10.6. The van der Waals surface area contributed by atoms with Crippen molar-refractivity contribution in [3.05, 3.63) is 162 Å². The Hall–Kier alpha value is -4.62. The number of anilines is 1. The van der Waals surface area contributed by atoms with E-state index >= 15 is 0 Å². The molecule has 1 nitrogen and oxygen atoms in total. The summed E-state index contributed by atoms with van der Waals surface area (Å²) in [4.78, 5) is 2.44. The Morgan fingerprint density at radius 2 is 0.946 bits per heavy atom. The normalized spacial score (nSPS) is 11.4. The van der Waals surface area contributed by atoms with E-state index in [2.05, 4.69) is 157 Å². The van der Waals surface area contributed by atoms with Crippen LogP contribution >= 0.6 is 0 Å². The Bertz CT molecular complexity index is 1550. The molecule has 0 unspecified atom stereocenters. The van der Waals surface area contributed by atoms with Crippen LogP contribution in [0, 0.1) is 0 Å². The van der Waals surface area contributed by atoms with Crippen LogP contribution in [0.1, 0.15) is 22.3 Å². The molecule has 0 aliphatic rings. The molecular formula is C36H29N. The van der Waals surface area contributed by atoms with Crippen molar-refractivity contribution in [3.63, 3.8) is 0 Å². The quantitative estimate of drug-likeness (QED) is 0.164. The molecule has 178 valence electrons. The summed E-state index contributed by atoms with van der Waals surface area (Å²) in [6.07, 6.45) is 4.50. The van der Waals surface area contributed by atoms with E-state index in [0.29, 0.717) is 0 Å². The van der Waals surface area contributed by atoms with Crippen LogP contribution in [0.4, 0.5) is 5.69 Å². The van der Waals surface area contributed by atoms with Gasteiger partial charge in [-0.3, -0.25) is 0 Å². The zero-order valence-corrected chi connectivity index (χ0v) is 20.8. The van der Waals surface area contributed by atoms with Crippen molar-refractivity contribution in [3.8, 4) is 0 Å². The van der Waals surface area contributed by atoms with Crippen molar-refractivity contribution in [1.29, 1.82) is 0 Å². The molecule has 0 radical (unpaired) electrons. The Morgan fingerprint density at radius 1 is 0.459 bits per heavy atom. The second-order valence-corrected chi connectivity index (χ2v) is 9.48. The van der Waals surface area contributed by atoms with Gasteiger partial charge in [0, 0.05) is 18.8 Å². The van der Waals surface area contributed by atoms with Gasteiger partial charge >= 0.3 is 0 Å². The SMILES string of the molecule is C(=Cc1c2ccccc2cc2ccccc12)c1ccc(N(Cc2ccccc2)Cc2ccccc2)cc1. The van der Waals surface area contributed by atoms with E-state index in [9.17, 15) is 0 Å². The van der Waals surface area contributed by atoms with Gasteiger partial charge in [-0.1, -0.05) is 133 Å². The van der Waals surface area contributed by atoms with Crippen molar-refractivity contribution < 1.29 is 0 Å². The predicted octanol–water partition coefficient (Wildman–Crippen LogP) is 9.37. The van der Waals surface area contributed by atoms with Crippen LogP contribution in [-0.2, 0) is 13.1 Å². The topological polar surface area (TPSA) is 3.24 Å². The van der Waals surface area contributed by atoms with Gasteiger partial charge in [-0.15, -0.1) is 0 Å². The molecule has 0 amide bonds. The van der Waals surface area contributed by atoms with Crippen molar-refractivity contribution in [2.75, 3.05) is 4.90 Å². The van der Waals surface area contributed by atoms with Crippen molar-refractivity contribution >= 4 is 39.4 Å². The van der Waals surface area contributed by atoms with E-state index in [1.165, 1.54) is 49.5 Å². The highest BCUT2D eigenvalue weighted by molar-refractivity contribution is 6.07. The monoisotopic (exact) mass is 475 g/mol. The van der Waals surface area contributed by atoms with E-state index in [1.807, 2.05) is 0 Å². The van der Waals surface area contributed by atoms with E-state index in [-0.39, 0.29) is 0 Å². The summed E-state index contributed by atoms with van der Waals surface area (Å²) in [6, 6.07) is 49.9. The third kappa shape index (κ3) is 5.17. The number of fused-ring (bicyclic) bond motifs is 2. The molecule has 1 heteroatoms. The van der Waals surface area contributed by atoms with Gasteiger partial charge in [0.05, 0.1) is 0 Å². The zero-order chi connectivity index (χ0) is 24.9. The van der Waals surface area contributed by atoms with Crippen LogP contribution < -0.4 is 4.90 Å². The molecule has 0 aliphatic heterocycles. The van der Waals surface area contributed by atoms with Crippen LogP contribution in [-0.4, -0.2) is 0 Å². The molecule has 0 heterocycles. The fourth-order valence-corrected chi connectivity index (χ4v) is 5.05. The minimum absolute atomic E-state index is 0.868. The average molecular weight is 476 g/mol. The van der Waals surface area contributed by atoms with Crippen LogP contribution in [0.2, 0.25) is 0 Å². The summed E-state index contributed by atoms with van der Waals surface area (Å²) in [5.41, 5.74) is 6.31. The zero-order valence-electron chi connectivity index (χ0n) is 20.8. The maximum atomic E-state index is 2.44. The van der Waals surface area contributed by atoms with E-state index in [0.717, 1.165) is 13.1 Å². The van der Waals surface area contributed by atoms with Crippen LogP contribution in [0.25, 0.3) is 33.7 Å². The van der Waals surface area contributed by atoms with Gasteiger partial charge in [0.1, 0.15) is 0 Å².